The number of aromatic nitrogens is 4. The van der Waals surface area contributed by atoms with E-state index in [9.17, 15) is 0 Å². The Morgan fingerprint density at radius 3 is 1.92 bits per heavy atom. The number of para-hydroxylation sites is 1. The first-order chi connectivity index (χ1) is 25.7. The average molecular weight is 667 g/mol. The van der Waals surface area contributed by atoms with Gasteiger partial charge in [-0.1, -0.05) is 115 Å². The first-order valence-electron chi connectivity index (χ1n) is 17.2. The van der Waals surface area contributed by atoms with Gasteiger partial charge in [0.25, 0.3) is 0 Å². The van der Waals surface area contributed by atoms with Crippen molar-refractivity contribution in [2.75, 3.05) is 0 Å². The van der Waals surface area contributed by atoms with Crippen molar-refractivity contribution >= 4 is 65.4 Å². The van der Waals surface area contributed by atoms with Crippen LogP contribution in [0.25, 0.3) is 111 Å². The summed E-state index contributed by atoms with van der Waals surface area (Å²) in [6, 6.07) is 49.7. The molecule has 0 unspecified atom stereocenters. The Morgan fingerprint density at radius 1 is 0.346 bits per heavy atom. The van der Waals surface area contributed by atoms with Crippen molar-refractivity contribution in [3.05, 3.63) is 158 Å². The molecule has 52 heavy (non-hydrogen) atoms. The van der Waals surface area contributed by atoms with Crippen LogP contribution >= 0.6 is 0 Å². The zero-order valence-electron chi connectivity index (χ0n) is 27.6. The van der Waals surface area contributed by atoms with E-state index in [0.717, 1.165) is 87.9 Å². The van der Waals surface area contributed by atoms with Gasteiger partial charge < -0.3 is 8.83 Å². The molecular formula is C46H26N4O2. The van der Waals surface area contributed by atoms with Crippen molar-refractivity contribution in [2.24, 2.45) is 0 Å². The largest absolute Gasteiger partial charge is 0.456 e. The maximum Gasteiger partial charge on any atom is 0.164 e. The van der Waals surface area contributed by atoms with Gasteiger partial charge in [-0.25, -0.2) is 15.0 Å². The van der Waals surface area contributed by atoms with Crippen LogP contribution in [-0.4, -0.2) is 19.9 Å². The Hall–Kier alpha value is -7.18. The number of hydrogen-bond donors (Lipinski definition) is 0. The summed E-state index contributed by atoms with van der Waals surface area (Å²) in [5.74, 6) is 1.79. The second kappa shape index (κ2) is 11.2. The molecule has 6 heteroatoms. The molecule has 0 fully saturated rings. The van der Waals surface area contributed by atoms with E-state index in [1.165, 1.54) is 5.39 Å². The minimum atomic E-state index is 0.590. The van der Waals surface area contributed by atoms with Crippen LogP contribution in [0.1, 0.15) is 0 Å². The third-order valence-corrected chi connectivity index (χ3v) is 9.99. The summed E-state index contributed by atoms with van der Waals surface area (Å²) in [7, 11) is 0. The van der Waals surface area contributed by atoms with E-state index in [1.54, 1.807) is 0 Å². The summed E-state index contributed by atoms with van der Waals surface area (Å²) >= 11 is 0. The molecule has 0 spiro atoms. The molecule has 4 aromatic heterocycles. The lowest BCUT2D eigenvalue weighted by atomic mass is 9.94. The number of hydrogen-bond acceptors (Lipinski definition) is 6. The second-order valence-electron chi connectivity index (χ2n) is 13.0. The van der Waals surface area contributed by atoms with Crippen LogP contribution in [0.3, 0.4) is 0 Å². The molecule has 11 aromatic rings. The first kappa shape index (κ1) is 28.6. The molecule has 11 rings (SSSR count). The molecule has 6 nitrogen and oxygen atoms in total. The van der Waals surface area contributed by atoms with Gasteiger partial charge in [0.05, 0.1) is 6.20 Å². The Bertz CT molecular complexity index is 3200. The molecule has 0 N–H and O–H groups in total. The third kappa shape index (κ3) is 4.44. The fourth-order valence-corrected chi connectivity index (χ4v) is 7.58. The van der Waals surface area contributed by atoms with Gasteiger partial charge in [0.1, 0.15) is 16.7 Å². The lowest BCUT2D eigenvalue weighted by Gasteiger charge is -2.11. The van der Waals surface area contributed by atoms with E-state index >= 15 is 0 Å². The molecule has 0 aliphatic carbocycles. The Morgan fingerprint density at radius 2 is 1.02 bits per heavy atom. The second-order valence-corrected chi connectivity index (χ2v) is 13.0. The number of nitrogens with zero attached hydrogens (tertiary/aromatic N) is 4. The number of furan rings is 2. The van der Waals surface area contributed by atoms with Crippen LogP contribution in [0, 0.1) is 0 Å². The van der Waals surface area contributed by atoms with Gasteiger partial charge in [0.15, 0.2) is 23.1 Å². The van der Waals surface area contributed by atoms with Crippen molar-refractivity contribution in [3.8, 4) is 45.3 Å². The van der Waals surface area contributed by atoms with Crippen LogP contribution in [0.15, 0.2) is 167 Å². The summed E-state index contributed by atoms with van der Waals surface area (Å²) < 4.78 is 12.6. The SMILES string of the molecule is c1ccc(-c2nc(-c3ccc4c(-c5cncc6oc7cc8ccccc8cc7c56)cccc4c3)nc(-c3cccc4oc5ccccc5c34)n2)cc1. The predicted molar refractivity (Wildman–Crippen MR) is 209 cm³/mol. The maximum atomic E-state index is 6.36. The molecule has 0 atom stereocenters. The van der Waals surface area contributed by atoms with Crippen LogP contribution in [-0.2, 0) is 0 Å². The molecule has 0 bridgehead atoms. The van der Waals surface area contributed by atoms with Gasteiger partial charge >= 0.3 is 0 Å². The van der Waals surface area contributed by atoms with Gasteiger partial charge in [-0.3, -0.25) is 4.98 Å². The first-order valence-corrected chi connectivity index (χ1v) is 17.2. The minimum Gasteiger partial charge on any atom is -0.456 e. The lowest BCUT2D eigenvalue weighted by molar-refractivity contribution is 0.667. The summed E-state index contributed by atoms with van der Waals surface area (Å²) in [5.41, 5.74) is 8.06. The Kier molecular flexibility index (Phi) is 6.15. The van der Waals surface area contributed by atoms with Crippen molar-refractivity contribution in [3.63, 3.8) is 0 Å². The smallest absolute Gasteiger partial charge is 0.164 e. The van der Waals surface area contributed by atoms with E-state index in [-0.39, 0.29) is 0 Å². The van der Waals surface area contributed by atoms with Crippen LogP contribution in [0.2, 0.25) is 0 Å². The monoisotopic (exact) mass is 666 g/mol. The minimum absolute atomic E-state index is 0.590. The highest BCUT2D eigenvalue weighted by Crippen LogP contribution is 2.41. The van der Waals surface area contributed by atoms with E-state index < -0.39 is 0 Å². The van der Waals surface area contributed by atoms with Crippen LogP contribution < -0.4 is 0 Å². The highest BCUT2D eigenvalue weighted by atomic mass is 16.3. The van der Waals surface area contributed by atoms with Gasteiger partial charge in [-0.05, 0) is 57.4 Å². The zero-order valence-corrected chi connectivity index (χ0v) is 27.6. The highest BCUT2D eigenvalue weighted by molar-refractivity contribution is 6.17. The molecule has 0 saturated carbocycles. The van der Waals surface area contributed by atoms with Crippen LogP contribution in [0.5, 0.6) is 0 Å². The predicted octanol–water partition coefficient (Wildman–Crippen LogP) is 12.0. The van der Waals surface area contributed by atoms with Crippen molar-refractivity contribution in [1.29, 1.82) is 0 Å². The van der Waals surface area contributed by atoms with Crippen molar-refractivity contribution in [1.82, 2.24) is 19.9 Å². The van der Waals surface area contributed by atoms with Crippen LogP contribution in [0.4, 0.5) is 0 Å². The molecule has 0 aliphatic rings. The summed E-state index contributed by atoms with van der Waals surface area (Å²) in [6.45, 7) is 0. The fourth-order valence-electron chi connectivity index (χ4n) is 7.58. The molecule has 0 amide bonds. The number of fused-ring (bicyclic) bond motifs is 8. The molecule has 7 aromatic carbocycles. The van der Waals surface area contributed by atoms with E-state index in [2.05, 4.69) is 89.9 Å². The van der Waals surface area contributed by atoms with E-state index in [4.69, 9.17) is 23.8 Å². The topological polar surface area (TPSA) is 77.8 Å². The van der Waals surface area contributed by atoms with E-state index in [1.807, 2.05) is 73.1 Å². The summed E-state index contributed by atoms with van der Waals surface area (Å²) in [4.78, 5) is 19.8. The molecule has 0 saturated heterocycles. The molecule has 242 valence electrons. The number of benzene rings is 7. The Balaban J connectivity index is 1.10. The molecule has 0 radical (unpaired) electrons. The zero-order chi connectivity index (χ0) is 34.2. The fraction of sp³-hybridized carbons (Fsp3) is 0. The highest BCUT2D eigenvalue weighted by Gasteiger charge is 2.19. The standard InChI is InChI=1S/C46H26N4O2/c1-2-10-27(11-3-1)44-48-45(50-46(49-44)35-17-9-19-39-42(35)34-15-6-7-18-38(34)51-39)31-20-21-32-30(22-31)14-8-16-33(32)37-25-47-26-41-43(37)36-23-28-12-4-5-13-29(28)24-40(36)52-41/h1-26H. The lowest BCUT2D eigenvalue weighted by Crippen LogP contribution is -2.00. The summed E-state index contributed by atoms with van der Waals surface area (Å²) in [6.07, 6.45) is 3.75. The number of rotatable bonds is 4. The van der Waals surface area contributed by atoms with Gasteiger partial charge in [-0.2, -0.15) is 0 Å². The van der Waals surface area contributed by atoms with Gasteiger partial charge in [0.2, 0.25) is 0 Å². The normalized spacial score (nSPS) is 11.8. The van der Waals surface area contributed by atoms with E-state index in [0.29, 0.717) is 17.5 Å². The molecular weight excluding hydrogens is 641 g/mol. The van der Waals surface area contributed by atoms with Gasteiger partial charge in [-0.15, -0.1) is 0 Å². The summed E-state index contributed by atoms with van der Waals surface area (Å²) in [5, 5.41) is 8.63. The molecule has 0 aliphatic heterocycles. The quantitative estimate of drug-likeness (QED) is 0.186. The average Bonchev–Trinajstić information content (AvgIpc) is 3.77. The van der Waals surface area contributed by atoms with Crippen molar-refractivity contribution in [2.45, 2.75) is 0 Å². The third-order valence-electron chi connectivity index (χ3n) is 9.99. The maximum absolute atomic E-state index is 6.36. The van der Waals surface area contributed by atoms with Crippen molar-refractivity contribution < 1.29 is 8.83 Å². The molecule has 4 heterocycles. The Labute approximate surface area is 296 Å². The van der Waals surface area contributed by atoms with Gasteiger partial charge in [0, 0.05) is 50.0 Å². The number of pyridine rings is 1.